The smallest absolute Gasteiger partial charge is 0.240 e. The first-order valence-electron chi connectivity index (χ1n) is 12.4. The van der Waals surface area contributed by atoms with Crippen molar-refractivity contribution in [2.24, 2.45) is 7.05 Å². The van der Waals surface area contributed by atoms with Crippen LogP contribution in [0.25, 0.3) is 0 Å². The second-order valence-electron chi connectivity index (χ2n) is 8.59. The van der Waals surface area contributed by atoms with E-state index in [0.717, 1.165) is 6.54 Å². The van der Waals surface area contributed by atoms with Crippen LogP contribution in [0.4, 0.5) is 0 Å². The molecule has 0 aliphatic carbocycles. The SMILES string of the molecule is CCCCCCCCCCCCCCCCCCSCCCn1cc[n+](C)c1. The van der Waals surface area contributed by atoms with E-state index in [2.05, 4.69) is 53.6 Å². The number of hydrogen-bond donors (Lipinski definition) is 0. The average molecular weight is 410 g/mol. The summed E-state index contributed by atoms with van der Waals surface area (Å²) in [6.07, 6.45) is 31.1. The zero-order valence-electron chi connectivity index (χ0n) is 19.2. The first kappa shape index (κ1) is 25.6. The number of unbranched alkanes of at least 4 members (excludes halogenated alkanes) is 15. The number of nitrogens with zero attached hydrogens (tertiary/aromatic N) is 2. The molecular formula is C25H49N2S+. The number of thioether (sulfide) groups is 1. The Morgan fingerprint density at radius 1 is 0.643 bits per heavy atom. The molecule has 0 amide bonds. The minimum Gasteiger partial charge on any atom is -0.240 e. The van der Waals surface area contributed by atoms with Gasteiger partial charge in [-0.1, -0.05) is 103 Å². The highest BCUT2D eigenvalue weighted by molar-refractivity contribution is 7.99. The summed E-state index contributed by atoms with van der Waals surface area (Å²) in [6.45, 7) is 3.46. The molecule has 0 aromatic carbocycles. The van der Waals surface area contributed by atoms with Gasteiger partial charge in [0, 0.05) is 0 Å². The minimum absolute atomic E-state index is 1.16. The summed E-state index contributed by atoms with van der Waals surface area (Å²) in [4.78, 5) is 0. The quantitative estimate of drug-likeness (QED) is 0.149. The van der Waals surface area contributed by atoms with Crippen LogP contribution in [0.1, 0.15) is 116 Å². The molecule has 0 aliphatic rings. The Kier molecular flexibility index (Phi) is 18.2. The molecule has 164 valence electrons. The maximum absolute atomic E-state index is 2.30. The van der Waals surface area contributed by atoms with Crippen LogP contribution in [-0.2, 0) is 13.6 Å². The predicted molar refractivity (Wildman–Crippen MR) is 127 cm³/mol. The molecule has 0 unspecified atom stereocenters. The van der Waals surface area contributed by atoms with Crippen molar-refractivity contribution in [2.45, 2.75) is 123 Å². The van der Waals surface area contributed by atoms with Crippen molar-refractivity contribution in [3.05, 3.63) is 18.7 Å². The van der Waals surface area contributed by atoms with E-state index in [9.17, 15) is 0 Å². The summed E-state index contributed by atoms with van der Waals surface area (Å²) in [5.74, 6) is 2.67. The van der Waals surface area contributed by atoms with Gasteiger partial charge in [0.15, 0.2) is 0 Å². The van der Waals surface area contributed by atoms with Crippen molar-refractivity contribution >= 4 is 11.8 Å². The number of aromatic nitrogens is 2. The second-order valence-corrected chi connectivity index (χ2v) is 9.81. The third-order valence-electron chi connectivity index (χ3n) is 5.67. The molecule has 0 saturated carbocycles. The fourth-order valence-corrected chi connectivity index (χ4v) is 4.78. The van der Waals surface area contributed by atoms with Crippen molar-refractivity contribution in [1.82, 2.24) is 4.57 Å². The topological polar surface area (TPSA) is 8.81 Å². The first-order valence-corrected chi connectivity index (χ1v) is 13.6. The van der Waals surface area contributed by atoms with Gasteiger partial charge in [-0.25, -0.2) is 9.13 Å². The van der Waals surface area contributed by atoms with Crippen LogP contribution >= 0.6 is 11.8 Å². The van der Waals surface area contributed by atoms with Crippen LogP contribution < -0.4 is 4.57 Å². The average Bonchev–Trinajstić information content (AvgIpc) is 3.11. The monoisotopic (exact) mass is 409 g/mol. The highest BCUT2D eigenvalue weighted by Crippen LogP contribution is 2.14. The standard InChI is InChI=1S/C25H49N2S/c1-3-4-5-6-7-8-9-10-11-12-13-14-15-16-17-18-23-28-24-19-20-27-22-21-26(2)25-27/h21-22,25H,3-20,23-24H2,1-2H3/q+1. The molecule has 0 N–H and O–H groups in total. The normalized spacial score (nSPS) is 11.4. The molecule has 2 nitrogen and oxygen atoms in total. The molecule has 0 bridgehead atoms. The van der Waals surface area contributed by atoms with Crippen molar-refractivity contribution in [2.75, 3.05) is 11.5 Å². The lowest BCUT2D eigenvalue weighted by Crippen LogP contribution is -2.23. The number of imidazole rings is 1. The Hall–Kier alpha value is -0.440. The van der Waals surface area contributed by atoms with Gasteiger partial charge in [-0.05, 0) is 24.3 Å². The van der Waals surface area contributed by atoms with Crippen LogP contribution in [-0.4, -0.2) is 16.1 Å². The molecule has 1 heterocycles. The molecule has 0 radical (unpaired) electrons. The van der Waals surface area contributed by atoms with Crippen LogP contribution in [0, 0.1) is 0 Å². The van der Waals surface area contributed by atoms with Crippen molar-refractivity contribution in [3.63, 3.8) is 0 Å². The zero-order chi connectivity index (χ0) is 20.1. The second kappa shape index (κ2) is 19.9. The lowest BCUT2D eigenvalue weighted by molar-refractivity contribution is -0.671. The summed E-state index contributed by atoms with van der Waals surface area (Å²) in [6, 6.07) is 0. The van der Waals surface area contributed by atoms with Crippen LogP contribution in [0.5, 0.6) is 0 Å². The molecule has 1 aromatic heterocycles. The summed E-state index contributed by atoms with van der Waals surface area (Å²) in [7, 11) is 2.09. The lowest BCUT2D eigenvalue weighted by atomic mass is 10.0. The Morgan fingerprint density at radius 3 is 1.57 bits per heavy atom. The lowest BCUT2D eigenvalue weighted by Gasteiger charge is -2.04. The van der Waals surface area contributed by atoms with E-state index in [1.54, 1.807) is 0 Å². The van der Waals surface area contributed by atoms with E-state index in [-0.39, 0.29) is 0 Å². The molecule has 0 aliphatic heterocycles. The van der Waals surface area contributed by atoms with Gasteiger partial charge in [0.25, 0.3) is 0 Å². The van der Waals surface area contributed by atoms with Crippen molar-refractivity contribution < 1.29 is 4.57 Å². The highest BCUT2D eigenvalue weighted by Gasteiger charge is 1.99. The largest absolute Gasteiger partial charge is 0.243 e. The molecule has 0 spiro atoms. The number of aryl methyl sites for hydroxylation is 2. The first-order chi connectivity index (χ1) is 13.8. The number of hydrogen-bond acceptors (Lipinski definition) is 1. The van der Waals surface area contributed by atoms with Gasteiger partial charge in [0.1, 0.15) is 12.4 Å². The number of rotatable bonds is 21. The van der Waals surface area contributed by atoms with Crippen molar-refractivity contribution in [3.8, 4) is 0 Å². The molecule has 28 heavy (non-hydrogen) atoms. The maximum atomic E-state index is 2.30. The van der Waals surface area contributed by atoms with Gasteiger partial charge in [0.05, 0.1) is 13.6 Å². The molecule has 1 rings (SSSR count). The van der Waals surface area contributed by atoms with Crippen molar-refractivity contribution in [1.29, 1.82) is 0 Å². The van der Waals surface area contributed by atoms with E-state index < -0.39 is 0 Å². The summed E-state index contributed by atoms with van der Waals surface area (Å²) in [5.41, 5.74) is 0. The van der Waals surface area contributed by atoms with E-state index in [4.69, 9.17) is 0 Å². The van der Waals surface area contributed by atoms with E-state index in [0.29, 0.717) is 0 Å². The van der Waals surface area contributed by atoms with Gasteiger partial charge in [-0.3, -0.25) is 0 Å². The highest BCUT2D eigenvalue weighted by atomic mass is 32.2. The molecule has 0 atom stereocenters. The van der Waals surface area contributed by atoms with Gasteiger partial charge >= 0.3 is 0 Å². The fourth-order valence-electron chi connectivity index (χ4n) is 3.84. The maximum Gasteiger partial charge on any atom is 0.243 e. The summed E-state index contributed by atoms with van der Waals surface area (Å²) >= 11 is 2.15. The van der Waals surface area contributed by atoms with Crippen LogP contribution in [0.2, 0.25) is 0 Å². The predicted octanol–water partition coefficient (Wildman–Crippen LogP) is 7.70. The minimum atomic E-state index is 1.16. The Balaban J connectivity index is 1.67. The fraction of sp³-hybridized carbons (Fsp3) is 0.880. The Labute approximate surface area is 180 Å². The molecular weight excluding hydrogens is 360 g/mol. The summed E-state index contributed by atoms with van der Waals surface area (Å²) in [5, 5.41) is 0. The molecule has 3 heteroatoms. The van der Waals surface area contributed by atoms with Gasteiger partial charge < -0.3 is 0 Å². The van der Waals surface area contributed by atoms with Gasteiger partial charge in [-0.15, -0.1) is 0 Å². The molecule has 0 fully saturated rings. The Morgan fingerprint density at radius 2 is 1.11 bits per heavy atom. The van der Waals surface area contributed by atoms with E-state index in [1.165, 1.54) is 121 Å². The van der Waals surface area contributed by atoms with Crippen LogP contribution in [0.15, 0.2) is 18.7 Å². The third kappa shape index (κ3) is 16.5. The molecule has 1 aromatic rings. The van der Waals surface area contributed by atoms with Crippen LogP contribution in [0.3, 0.4) is 0 Å². The zero-order valence-corrected chi connectivity index (χ0v) is 20.0. The third-order valence-corrected chi connectivity index (χ3v) is 6.83. The Bertz CT molecular complexity index is 430. The summed E-state index contributed by atoms with van der Waals surface area (Å²) < 4.78 is 4.40. The van der Waals surface area contributed by atoms with E-state index in [1.807, 2.05) is 0 Å². The van der Waals surface area contributed by atoms with E-state index >= 15 is 0 Å². The van der Waals surface area contributed by atoms with Gasteiger partial charge in [0.2, 0.25) is 6.33 Å². The van der Waals surface area contributed by atoms with Gasteiger partial charge in [-0.2, -0.15) is 11.8 Å². The molecule has 0 saturated heterocycles.